The van der Waals surface area contributed by atoms with Crippen LogP contribution in [0.1, 0.15) is 19.8 Å². The first-order valence-corrected chi connectivity index (χ1v) is 4.40. The summed E-state index contributed by atoms with van der Waals surface area (Å²) in [6.45, 7) is 5.38. The van der Waals surface area contributed by atoms with Crippen LogP contribution in [0.25, 0.3) is 0 Å². The van der Waals surface area contributed by atoms with Crippen LogP contribution < -0.4 is 5.32 Å². The van der Waals surface area contributed by atoms with Crippen molar-refractivity contribution in [3.8, 4) is 0 Å². The van der Waals surface area contributed by atoms with E-state index in [1.54, 1.807) is 7.11 Å². The molecule has 0 aromatic heterocycles. The van der Waals surface area contributed by atoms with Crippen LogP contribution in [-0.2, 0) is 4.84 Å². The Bertz CT molecular complexity index is 98.3. The molecule has 1 aliphatic heterocycles. The topological polar surface area (TPSA) is 24.5 Å². The van der Waals surface area contributed by atoms with E-state index in [0.717, 1.165) is 19.6 Å². The molecule has 1 N–H and O–H groups in total. The molecule has 0 bridgehead atoms. The molecule has 3 heteroatoms. The van der Waals surface area contributed by atoms with Gasteiger partial charge in [0.2, 0.25) is 0 Å². The second-order valence-corrected chi connectivity index (χ2v) is 2.90. The predicted octanol–water partition coefficient (Wildman–Crippen LogP) is 0.622. The standard InChI is InChI=1S/C8H18N2O/c1-3-10(11-2)8-4-6-9-7-5-8/h8-9H,3-7H2,1-2H3. The Kier molecular flexibility index (Phi) is 3.83. The number of nitrogens with one attached hydrogen (secondary N) is 1. The van der Waals surface area contributed by atoms with E-state index in [1.165, 1.54) is 12.8 Å². The van der Waals surface area contributed by atoms with Gasteiger partial charge >= 0.3 is 0 Å². The SMILES string of the molecule is CCN(OC)C1CCNCC1. The molecule has 1 aliphatic rings. The number of hydrogen-bond acceptors (Lipinski definition) is 3. The van der Waals surface area contributed by atoms with E-state index < -0.39 is 0 Å². The summed E-state index contributed by atoms with van der Waals surface area (Å²) in [5.41, 5.74) is 0. The molecule has 11 heavy (non-hydrogen) atoms. The number of nitrogens with zero attached hydrogens (tertiary/aromatic N) is 1. The molecule has 0 aromatic rings. The smallest absolute Gasteiger partial charge is 0.0575 e. The van der Waals surface area contributed by atoms with Crippen molar-refractivity contribution in [3.63, 3.8) is 0 Å². The Morgan fingerprint density at radius 3 is 2.55 bits per heavy atom. The molecule has 66 valence electrons. The monoisotopic (exact) mass is 158 g/mol. The van der Waals surface area contributed by atoms with E-state index in [2.05, 4.69) is 17.3 Å². The number of hydroxylamine groups is 2. The van der Waals surface area contributed by atoms with Crippen molar-refractivity contribution >= 4 is 0 Å². The third kappa shape index (κ3) is 2.43. The first-order chi connectivity index (χ1) is 5.38. The largest absolute Gasteiger partial charge is 0.317 e. The molecular weight excluding hydrogens is 140 g/mol. The summed E-state index contributed by atoms with van der Waals surface area (Å²) < 4.78 is 0. The van der Waals surface area contributed by atoms with Gasteiger partial charge in [-0.15, -0.1) is 0 Å². The lowest BCUT2D eigenvalue weighted by molar-refractivity contribution is -0.163. The van der Waals surface area contributed by atoms with E-state index in [1.807, 2.05) is 0 Å². The van der Waals surface area contributed by atoms with Gasteiger partial charge in [0.1, 0.15) is 0 Å². The maximum Gasteiger partial charge on any atom is 0.0575 e. The van der Waals surface area contributed by atoms with E-state index in [0.29, 0.717) is 6.04 Å². The summed E-state index contributed by atoms with van der Waals surface area (Å²) in [5, 5.41) is 5.41. The Labute approximate surface area is 68.7 Å². The van der Waals surface area contributed by atoms with E-state index >= 15 is 0 Å². The molecule has 0 atom stereocenters. The molecule has 1 saturated heterocycles. The molecule has 0 unspecified atom stereocenters. The van der Waals surface area contributed by atoms with E-state index in [-0.39, 0.29) is 0 Å². The Hall–Kier alpha value is -0.120. The second-order valence-electron chi connectivity index (χ2n) is 2.90. The van der Waals surface area contributed by atoms with Crippen LogP contribution in [0.15, 0.2) is 0 Å². The molecule has 0 spiro atoms. The number of hydrogen-bond donors (Lipinski definition) is 1. The quantitative estimate of drug-likeness (QED) is 0.609. The summed E-state index contributed by atoms with van der Waals surface area (Å²) in [6.07, 6.45) is 2.42. The van der Waals surface area contributed by atoms with Gasteiger partial charge in [0.15, 0.2) is 0 Å². The summed E-state index contributed by atoms with van der Waals surface area (Å²) in [4.78, 5) is 5.24. The lowest BCUT2D eigenvalue weighted by Crippen LogP contribution is -2.42. The van der Waals surface area contributed by atoms with Crippen LogP contribution in [0, 0.1) is 0 Å². The lowest BCUT2D eigenvalue weighted by Gasteiger charge is -2.31. The van der Waals surface area contributed by atoms with Crippen molar-refractivity contribution in [2.24, 2.45) is 0 Å². The maximum atomic E-state index is 5.24. The Balaban J connectivity index is 2.30. The number of rotatable bonds is 3. The van der Waals surface area contributed by atoms with Crippen molar-refractivity contribution < 1.29 is 4.84 Å². The third-order valence-corrected chi connectivity index (χ3v) is 2.26. The average molecular weight is 158 g/mol. The molecule has 3 nitrogen and oxygen atoms in total. The summed E-state index contributed by atoms with van der Waals surface area (Å²) in [6, 6.07) is 0.631. The van der Waals surface area contributed by atoms with Crippen LogP contribution >= 0.6 is 0 Å². The molecule has 1 heterocycles. The third-order valence-electron chi connectivity index (χ3n) is 2.26. The fourth-order valence-electron chi connectivity index (χ4n) is 1.63. The van der Waals surface area contributed by atoms with Crippen LogP contribution in [0.4, 0.5) is 0 Å². The van der Waals surface area contributed by atoms with E-state index in [4.69, 9.17) is 4.84 Å². The predicted molar refractivity (Wildman–Crippen MR) is 45.3 cm³/mol. The van der Waals surface area contributed by atoms with Crippen LogP contribution in [0.5, 0.6) is 0 Å². The molecule has 0 aromatic carbocycles. The van der Waals surface area contributed by atoms with Crippen molar-refractivity contribution in [2.45, 2.75) is 25.8 Å². The molecule has 1 fully saturated rings. The van der Waals surface area contributed by atoms with Crippen molar-refractivity contribution in [3.05, 3.63) is 0 Å². The minimum atomic E-state index is 0.631. The highest BCUT2D eigenvalue weighted by Gasteiger charge is 2.18. The van der Waals surface area contributed by atoms with E-state index in [9.17, 15) is 0 Å². The highest BCUT2D eigenvalue weighted by Crippen LogP contribution is 2.10. The number of piperidine rings is 1. The van der Waals surface area contributed by atoms with Gasteiger partial charge in [-0.3, -0.25) is 0 Å². The van der Waals surface area contributed by atoms with Crippen LogP contribution in [-0.4, -0.2) is 37.8 Å². The van der Waals surface area contributed by atoms with Gasteiger partial charge < -0.3 is 10.2 Å². The van der Waals surface area contributed by atoms with Gasteiger partial charge in [-0.05, 0) is 25.9 Å². The van der Waals surface area contributed by atoms with Gasteiger partial charge in [-0.2, -0.15) is 5.06 Å². The van der Waals surface area contributed by atoms with Gasteiger partial charge in [0.05, 0.1) is 7.11 Å². The Morgan fingerprint density at radius 2 is 2.09 bits per heavy atom. The Morgan fingerprint density at radius 1 is 1.45 bits per heavy atom. The van der Waals surface area contributed by atoms with Crippen molar-refractivity contribution in [2.75, 3.05) is 26.7 Å². The lowest BCUT2D eigenvalue weighted by atomic mass is 10.1. The summed E-state index contributed by atoms with van der Waals surface area (Å²) in [7, 11) is 1.76. The van der Waals surface area contributed by atoms with Gasteiger partial charge in [0, 0.05) is 12.6 Å². The van der Waals surface area contributed by atoms with Crippen molar-refractivity contribution in [1.82, 2.24) is 10.4 Å². The molecular formula is C8H18N2O. The first kappa shape index (κ1) is 8.97. The minimum Gasteiger partial charge on any atom is -0.317 e. The van der Waals surface area contributed by atoms with Crippen LogP contribution in [0.2, 0.25) is 0 Å². The summed E-state index contributed by atoms with van der Waals surface area (Å²) >= 11 is 0. The average Bonchev–Trinajstić information content (AvgIpc) is 2.09. The fraction of sp³-hybridized carbons (Fsp3) is 1.00. The zero-order valence-electron chi connectivity index (χ0n) is 7.47. The minimum absolute atomic E-state index is 0.631. The maximum absolute atomic E-state index is 5.24. The molecule has 0 aliphatic carbocycles. The van der Waals surface area contributed by atoms with Gasteiger partial charge in [-0.1, -0.05) is 6.92 Å². The molecule has 0 radical (unpaired) electrons. The molecule has 0 saturated carbocycles. The first-order valence-electron chi connectivity index (χ1n) is 4.40. The second kappa shape index (κ2) is 4.70. The highest BCUT2D eigenvalue weighted by atomic mass is 16.7. The molecule has 0 amide bonds. The van der Waals surface area contributed by atoms with Gasteiger partial charge in [0.25, 0.3) is 0 Å². The fourth-order valence-corrected chi connectivity index (χ4v) is 1.63. The van der Waals surface area contributed by atoms with Crippen molar-refractivity contribution in [1.29, 1.82) is 0 Å². The zero-order chi connectivity index (χ0) is 8.10. The van der Waals surface area contributed by atoms with Gasteiger partial charge in [-0.25, -0.2) is 0 Å². The highest BCUT2D eigenvalue weighted by molar-refractivity contribution is 4.72. The normalized spacial score (nSPS) is 21.0. The zero-order valence-corrected chi connectivity index (χ0v) is 7.47. The van der Waals surface area contributed by atoms with Crippen LogP contribution in [0.3, 0.4) is 0 Å². The summed E-state index contributed by atoms with van der Waals surface area (Å²) in [5.74, 6) is 0. The molecule has 1 rings (SSSR count).